The smallest absolute Gasteiger partial charge is 0.157 e. The maximum atomic E-state index is 5.89. The highest BCUT2D eigenvalue weighted by atomic mass is 35.5. The standard InChI is InChI=1S/C11H17ClN4/c1-2-8-3-5-16(6-4-8)11-9(13)10(12)14-7-15-11/h7-8H,2-6,13H2,1H3. The Bertz CT molecular complexity index is 361. The van der Waals surface area contributed by atoms with Gasteiger partial charge in [0.15, 0.2) is 11.0 Å². The van der Waals surface area contributed by atoms with E-state index in [1.54, 1.807) is 0 Å². The van der Waals surface area contributed by atoms with Crippen molar-refractivity contribution in [2.75, 3.05) is 23.7 Å². The molecule has 0 spiro atoms. The number of piperidine rings is 1. The van der Waals surface area contributed by atoms with E-state index >= 15 is 0 Å². The van der Waals surface area contributed by atoms with Gasteiger partial charge in [0.25, 0.3) is 0 Å². The van der Waals surface area contributed by atoms with Crippen LogP contribution in [0.2, 0.25) is 5.15 Å². The third-order valence-corrected chi connectivity index (χ3v) is 3.61. The second-order valence-electron chi connectivity index (χ2n) is 4.24. The summed E-state index contributed by atoms with van der Waals surface area (Å²) in [6, 6.07) is 0. The number of nitrogens with two attached hydrogens (primary N) is 1. The van der Waals surface area contributed by atoms with Gasteiger partial charge < -0.3 is 10.6 Å². The maximum absolute atomic E-state index is 5.89. The van der Waals surface area contributed by atoms with E-state index in [9.17, 15) is 0 Å². The summed E-state index contributed by atoms with van der Waals surface area (Å²) >= 11 is 5.89. The van der Waals surface area contributed by atoms with Crippen molar-refractivity contribution in [3.63, 3.8) is 0 Å². The van der Waals surface area contributed by atoms with Gasteiger partial charge in [-0.05, 0) is 18.8 Å². The van der Waals surface area contributed by atoms with E-state index in [0.717, 1.165) is 24.8 Å². The van der Waals surface area contributed by atoms with Crippen molar-refractivity contribution >= 4 is 23.1 Å². The normalized spacial score (nSPS) is 17.8. The summed E-state index contributed by atoms with van der Waals surface area (Å²) in [4.78, 5) is 10.3. The number of nitrogens with zero attached hydrogens (tertiary/aromatic N) is 3. The SMILES string of the molecule is CCC1CCN(c2ncnc(Cl)c2N)CC1. The topological polar surface area (TPSA) is 55.0 Å². The van der Waals surface area contributed by atoms with Crippen molar-refractivity contribution in [3.8, 4) is 0 Å². The molecule has 0 aliphatic carbocycles. The molecule has 4 nitrogen and oxygen atoms in total. The Balaban J connectivity index is 2.11. The van der Waals surface area contributed by atoms with E-state index < -0.39 is 0 Å². The summed E-state index contributed by atoms with van der Waals surface area (Å²) in [5, 5.41) is 0.350. The van der Waals surface area contributed by atoms with Gasteiger partial charge >= 0.3 is 0 Å². The summed E-state index contributed by atoms with van der Waals surface area (Å²) in [5.41, 5.74) is 6.38. The number of rotatable bonds is 2. The van der Waals surface area contributed by atoms with E-state index in [4.69, 9.17) is 17.3 Å². The third kappa shape index (κ3) is 2.21. The molecule has 0 unspecified atom stereocenters. The van der Waals surface area contributed by atoms with Crippen LogP contribution >= 0.6 is 11.6 Å². The van der Waals surface area contributed by atoms with Gasteiger partial charge in [0.2, 0.25) is 0 Å². The highest BCUT2D eigenvalue weighted by molar-refractivity contribution is 6.32. The van der Waals surface area contributed by atoms with Gasteiger partial charge in [0.1, 0.15) is 12.0 Å². The molecule has 1 aromatic heterocycles. The van der Waals surface area contributed by atoms with Crippen LogP contribution in [-0.2, 0) is 0 Å². The molecule has 0 atom stereocenters. The van der Waals surface area contributed by atoms with Gasteiger partial charge in [-0.1, -0.05) is 24.9 Å². The van der Waals surface area contributed by atoms with Gasteiger partial charge in [-0.25, -0.2) is 9.97 Å². The lowest BCUT2D eigenvalue weighted by atomic mass is 9.94. The Kier molecular flexibility index (Phi) is 3.49. The predicted octanol–water partition coefficient (Wildman–Crippen LogP) is 2.34. The molecule has 5 heteroatoms. The predicted molar refractivity (Wildman–Crippen MR) is 66.7 cm³/mol. The van der Waals surface area contributed by atoms with Gasteiger partial charge in [-0.2, -0.15) is 0 Å². The Morgan fingerprint density at radius 2 is 2.12 bits per heavy atom. The molecular weight excluding hydrogens is 224 g/mol. The first-order valence-electron chi connectivity index (χ1n) is 5.73. The first kappa shape index (κ1) is 11.5. The Morgan fingerprint density at radius 1 is 1.44 bits per heavy atom. The summed E-state index contributed by atoms with van der Waals surface area (Å²) < 4.78 is 0. The van der Waals surface area contributed by atoms with Crippen molar-refractivity contribution in [3.05, 3.63) is 11.5 Å². The van der Waals surface area contributed by atoms with Gasteiger partial charge in [-0.15, -0.1) is 0 Å². The van der Waals surface area contributed by atoms with Crippen molar-refractivity contribution in [1.82, 2.24) is 9.97 Å². The van der Waals surface area contributed by atoms with Crippen LogP contribution in [0.4, 0.5) is 11.5 Å². The number of hydrogen-bond acceptors (Lipinski definition) is 4. The number of anilines is 2. The highest BCUT2D eigenvalue weighted by Crippen LogP contribution is 2.29. The van der Waals surface area contributed by atoms with Crippen LogP contribution < -0.4 is 10.6 Å². The maximum Gasteiger partial charge on any atom is 0.157 e. The third-order valence-electron chi connectivity index (χ3n) is 3.31. The van der Waals surface area contributed by atoms with E-state index in [1.807, 2.05) is 0 Å². The molecule has 2 rings (SSSR count). The fourth-order valence-electron chi connectivity index (χ4n) is 2.17. The van der Waals surface area contributed by atoms with E-state index in [2.05, 4.69) is 21.8 Å². The molecule has 0 bridgehead atoms. The molecule has 88 valence electrons. The molecule has 1 saturated heterocycles. The van der Waals surface area contributed by atoms with Crippen LogP contribution in [0.15, 0.2) is 6.33 Å². The van der Waals surface area contributed by atoms with E-state index in [1.165, 1.54) is 25.6 Å². The largest absolute Gasteiger partial charge is 0.393 e. The van der Waals surface area contributed by atoms with Crippen molar-refractivity contribution in [2.45, 2.75) is 26.2 Å². The second-order valence-corrected chi connectivity index (χ2v) is 4.60. The van der Waals surface area contributed by atoms with E-state index in [-0.39, 0.29) is 0 Å². The van der Waals surface area contributed by atoms with Crippen LogP contribution in [0.5, 0.6) is 0 Å². The fraction of sp³-hybridized carbons (Fsp3) is 0.636. The van der Waals surface area contributed by atoms with Gasteiger partial charge in [0, 0.05) is 13.1 Å². The zero-order valence-corrected chi connectivity index (χ0v) is 10.2. The van der Waals surface area contributed by atoms with E-state index in [0.29, 0.717) is 10.8 Å². The van der Waals surface area contributed by atoms with Crippen LogP contribution in [0, 0.1) is 5.92 Å². The molecule has 0 radical (unpaired) electrons. The average Bonchev–Trinajstić information content (AvgIpc) is 2.33. The molecule has 1 aliphatic rings. The quantitative estimate of drug-likeness (QED) is 0.807. The first-order valence-corrected chi connectivity index (χ1v) is 6.11. The number of hydrogen-bond donors (Lipinski definition) is 1. The second kappa shape index (κ2) is 4.87. The molecule has 1 fully saturated rings. The summed E-state index contributed by atoms with van der Waals surface area (Å²) in [5.74, 6) is 1.63. The molecule has 1 aliphatic heterocycles. The van der Waals surface area contributed by atoms with Gasteiger partial charge in [0.05, 0.1) is 0 Å². The lowest BCUT2D eigenvalue weighted by molar-refractivity contribution is 0.394. The van der Waals surface area contributed by atoms with Crippen LogP contribution in [0.1, 0.15) is 26.2 Å². The van der Waals surface area contributed by atoms with Crippen LogP contribution in [-0.4, -0.2) is 23.1 Å². The zero-order chi connectivity index (χ0) is 11.5. The molecule has 0 saturated carbocycles. The average molecular weight is 241 g/mol. The number of halogens is 1. The van der Waals surface area contributed by atoms with Crippen molar-refractivity contribution in [2.24, 2.45) is 5.92 Å². The molecule has 0 aromatic carbocycles. The minimum Gasteiger partial charge on any atom is -0.393 e. The Labute approximate surface area is 101 Å². The lowest BCUT2D eigenvalue weighted by Gasteiger charge is -2.32. The summed E-state index contributed by atoms with van der Waals surface area (Å²) in [6.45, 7) is 4.27. The minimum absolute atomic E-state index is 0.350. The summed E-state index contributed by atoms with van der Waals surface area (Å²) in [6.07, 6.45) is 5.14. The molecule has 0 amide bonds. The monoisotopic (exact) mass is 240 g/mol. The molecular formula is C11H17ClN4. The Hall–Kier alpha value is -1.03. The highest BCUT2D eigenvalue weighted by Gasteiger charge is 2.21. The number of aromatic nitrogens is 2. The van der Waals surface area contributed by atoms with Crippen molar-refractivity contribution < 1.29 is 0 Å². The van der Waals surface area contributed by atoms with Gasteiger partial charge in [-0.3, -0.25) is 0 Å². The van der Waals surface area contributed by atoms with Crippen LogP contribution in [0.3, 0.4) is 0 Å². The molecule has 2 N–H and O–H groups in total. The molecule has 16 heavy (non-hydrogen) atoms. The lowest BCUT2D eigenvalue weighted by Crippen LogP contribution is -2.34. The Morgan fingerprint density at radius 3 is 2.75 bits per heavy atom. The number of nitrogen functional groups attached to an aromatic ring is 1. The van der Waals surface area contributed by atoms with Crippen molar-refractivity contribution in [1.29, 1.82) is 0 Å². The minimum atomic E-state index is 0.350. The van der Waals surface area contributed by atoms with Crippen LogP contribution in [0.25, 0.3) is 0 Å². The molecule has 1 aromatic rings. The molecule has 2 heterocycles. The fourth-order valence-corrected chi connectivity index (χ4v) is 2.30. The first-order chi connectivity index (χ1) is 7.72. The summed E-state index contributed by atoms with van der Waals surface area (Å²) in [7, 11) is 0. The zero-order valence-electron chi connectivity index (χ0n) is 9.49.